The van der Waals surface area contributed by atoms with Gasteiger partial charge in [0.05, 0.1) is 20.3 Å². The van der Waals surface area contributed by atoms with Crippen LogP contribution in [0.5, 0.6) is 11.5 Å². The lowest BCUT2D eigenvalue weighted by atomic mass is 10.0. The molecule has 2 aliphatic rings. The number of nitrogens with one attached hydrogen (secondary N) is 2. The molecule has 0 radical (unpaired) electrons. The molecule has 0 aliphatic carbocycles. The molecule has 29 heavy (non-hydrogen) atoms. The zero-order valence-corrected chi connectivity index (χ0v) is 17.6. The van der Waals surface area contributed by atoms with E-state index in [0.717, 1.165) is 16.3 Å². The molecular weight excluding hydrogens is 412 g/mol. The van der Waals surface area contributed by atoms with E-state index >= 15 is 0 Å². The van der Waals surface area contributed by atoms with Crippen LogP contribution in [-0.2, 0) is 10.5 Å². The summed E-state index contributed by atoms with van der Waals surface area (Å²) < 4.78 is 10.7. The Morgan fingerprint density at radius 2 is 2.03 bits per heavy atom. The molecule has 2 atom stereocenters. The first-order chi connectivity index (χ1) is 14.1. The highest BCUT2D eigenvalue weighted by molar-refractivity contribution is 8.13. The van der Waals surface area contributed by atoms with Crippen LogP contribution in [0.1, 0.15) is 23.6 Å². The third-order valence-electron chi connectivity index (χ3n) is 4.90. The Balaban J connectivity index is 1.50. The maximum Gasteiger partial charge on any atom is 0.264 e. The van der Waals surface area contributed by atoms with Crippen molar-refractivity contribution in [2.75, 3.05) is 14.2 Å². The summed E-state index contributed by atoms with van der Waals surface area (Å²) in [6.45, 7) is 0. The summed E-state index contributed by atoms with van der Waals surface area (Å²) >= 11 is 7.61. The normalized spacial score (nSPS) is 20.7. The Labute approximate surface area is 178 Å². The number of amides is 1. The number of hydrogen-bond donors (Lipinski definition) is 2. The van der Waals surface area contributed by atoms with Crippen molar-refractivity contribution in [3.8, 4) is 11.5 Å². The predicted molar refractivity (Wildman–Crippen MR) is 114 cm³/mol. The van der Waals surface area contributed by atoms with Crippen LogP contribution in [0.4, 0.5) is 0 Å². The average molecular weight is 433 g/mol. The van der Waals surface area contributed by atoms with Gasteiger partial charge in [-0.2, -0.15) is 0 Å². The van der Waals surface area contributed by atoms with Gasteiger partial charge in [-0.3, -0.25) is 9.80 Å². The van der Waals surface area contributed by atoms with Gasteiger partial charge >= 0.3 is 0 Å². The van der Waals surface area contributed by atoms with Gasteiger partial charge in [-0.1, -0.05) is 41.6 Å². The smallest absolute Gasteiger partial charge is 0.264 e. The summed E-state index contributed by atoms with van der Waals surface area (Å²) in [6, 6.07) is 13.1. The highest BCUT2D eigenvalue weighted by atomic mass is 35.5. The molecule has 0 aromatic heterocycles. The number of methoxy groups -OCH3 is 2. The quantitative estimate of drug-likeness (QED) is 0.755. The number of hydrazone groups is 1. The summed E-state index contributed by atoms with van der Waals surface area (Å²) in [5.74, 6) is 1.91. The minimum absolute atomic E-state index is 0.0411. The van der Waals surface area contributed by atoms with Crippen molar-refractivity contribution in [2.45, 2.75) is 24.3 Å². The predicted octanol–water partition coefficient (Wildman–Crippen LogP) is 3.31. The van der Waals surface area contributed by atoms with E-state index in [1.54, 1.807) is 26.0 Å². The number of ether oxygens (including phenoxy) is 2. The van der Waals surface area contributed by atoms with Crippen LogP contribution in [0.2, 0.25) is 5.02 Å². The lowest BCUT2D eigenvalue weighted by molar-refractivity contribution is -0.125. The number of nitrogens with zero attached hydrogens (tertiary/aromatic N) is 2. The number of benzene rings is 2. The third kappa shape index (κ3) is 4.14. The minimum atomic E-state index is -0.326. The molecule has 0 spiro atoms. The van der Waals surface area contributed by atoms with Crippen molar-refractivity contribution in [3.05, 3.63) is 58.6 Å². The van der Waals surface area contributed by atoms with E-state index in [4.69, 9.17) is 21.1 Å². The summed E-state index contributed by atoms with van der Waals surface area (Å²) in [6.07, 6.45) is 0.623. The van der Waals surface area contributed by atoms with E-state index in [1.165, 1.54) is 0 Å². The van der Waals surface area contributed by atoms with Gasteiger partial charge in [0.2, 0.25) is 0 Å². The molecule has 4 rings (SSSR count). The number of halogens is 1. The van der Waals surface area contributed by atoms with Gasteiger partial charge < -0.3 is 9.47 Å². The van der Waals surface area contributed by atoms with Gasteiger partial charge in [-0.05, 0) is 41.8 Å². The van der Waals surface area contributed by atoms with Crippen LogP contribution < -0.4 is 20.3 Å². The molecule has 2 unspecified atom stereocenters. The second-order valence-corrected chi connectivity index (χ2v) is 8.09. The molecule has 1 amide bonds. The van der Waals surface area contributed by atoms with Gasteiger partial charge in [-0.25, -0.2) is 10.9 Å². The van der Waals surface area contributed by atoms with Crippen LogP contribution in [0.15, 0.2) is 47.6 Å². The number of carbonyl (C=O) groups excluding carboxylic acids is 1. The molecule has 0 bridgehead atoms. The van der Waals surface area contributed by atoms with Crippen molar-refractivity contribution in [1.29, 1.82) is 0 Å². The SMILES string of the molecule is COc1ccc(C2CC3C(=O)NN=C(SCc4cccc(Cl)c4)N3N2)cc1OC. The first-order valence-electron chi connectivity index (χ1n) is 9.11. The van der Waals surface area contributed by atoms with Gasteiger partial charge in [0.1, 0.15) is 6.04 Å². The maximum absolute atomic E-state index is 12.4. The van der Waals surface area contributed by atoms with E-state index in [-0.39, 0.29) is 18.0 Å². The fraction of sp³-hybridized carbons (Fsp3) is 0.300. The lowest BCUT2D eigenvalue weighted by Crippen LogP contribution is -2.52. The molecule has 2 heterocycles. The molecular formula is C20H21ClN4O3S. The molecule has 9 heteroatoms. The zero-order valence-electron chi connectivity index (χ0n) is 16.0. The molecule has 7 nitrogen and oxygen atoms in total. The number of hydrazine groups is 1. The van der Waals surface area contributed by atoms with Crippen molar-refractivity contribution in [3.63, 3.8) is 0 Å². The number of thioether (sulfide) groups is 1. The number of rotatable bonds is 5. The summed E-state index contributed by atoms with van der Waals surface area (Å²) in [5, 5.41) is 7.52. The fourth-order valence-corrected chi connectivity index (χ4v) is 4.56. The van der Waals surface area contributed by atoms with E-state index in [0.29, 0.717) is 28.7 Å². The Morgan fingerprint density at radius 3 is 2.79 bits per heavy atom. The number of carbonyl (C=O) groups is 1. The molecule has 2 aromatic rings. The second kappa shape index (κ2) is 8.52. The van der Waals surface area contributed by atoms with Crippen LogP contribution in [-0.4, -0.2) is 36.3 Å². The average Bonchev–Trinajstić information content (AvgIpc) is 3.19. The van der Waals surface area contributed by atoms with Gasteiger partial charge in [0.25, 0.3) is 5.91 Å². The van der Waals surface area contributed by atoms with Crippen molar-refractivity contribution >= 4 is 34.4 Å². The fourth-order valence-electron chi connectivity index (χ4n) is 3.44. The second-order valence-electron chi connectivity index (χ2n) is 6.71. The van der Waals surface area contributed by atoms with Crippen LogP contribution in [0.3, 0.4) is 0 Å². The summed E-state index contributed by atoms with van der Waals surface area (Å²) in [4.78, 5) is 12.4. The van der Waals surface area contributed by atoms with E-state index in [2.05, 4.69) is 16.0 Å². The number of hydrogen-bond acceptors (Lipinski definition) is 7. The Morgan fingerprint density at radius 1 is 1.21 bits per heavy atom. The third-order valence-corrected chi connectivity index (χ3v) is 6.16. The molecule has 1 fully saturated rings. The zero-order chi connectivity index (χ0) is 20.4. The molecule has 0 saturated carbocycles. The molecule has 2 N–H and O–H groups in total. The van der Waals surface area contributed by atoms with Crippen molar-refractivity contribution < 1.29 is 14.3 Å². The number of amidine groups is 1. The first-order valence-corrected chi connectivity index (χ1v) is 10.5. The summed E-state index contributed by atoms with van der Waals surface area (Å²) in [7, 11) is 3.22. The van der Waals surface area contributed by atoms with Gasteiger partial charge in [-0.15, -0.1) is 5.10 Å². The Hall–Kier alpha value is -2.42. The maximum atomic E-state index is 12.4. The minimum Gasteiger partial charge on any atom is -0.493 e. The largest absolute Gasteiger partial charge is 0.493 e. The molecule has 1 saturated heterocycles. The van der Waals surface area contributed by atoms with Crippen molar-refractivity contribution in [1.82, 2.24) is 15.9 Å². The molecule has 2 aliphatic heterocycles. The van der Waals surface area contributed by atoms with Crippen LogP contribution in [0.25, 0.3) is 0 Å². The molecule has 152 valence electrons. The monoisotopic (exact) mass is 432 g/mol. The Bertz CT molecular complexity index is 955. The van der Waals surface area contributed by atoms with E-state index in [1.807, 2.05) is 47.5 Å². The lowest BCUT2D eigenvalue weighted by Gasteiger charge is -2.29. The van der Waals surface area contributed by atoms with Gasteiger partial charge in [0, 0.05) is 10.8 Å². The standard InChI is InChI=1S/C20H21ClN4O3S/c1-27-17-7-6-13(9-18(17)28-2)15-10-16-19(26)22-23-20(25(16)24-15)29-11-12-4-3-5-14(21)8-12/h3-9,15-16,24H,10-11H2,1-2H3,(H,22,26). The highest BCUT2D eigenvalue weighted by Crippen LogP contribution is 2.36. The topological polar surface area (TPSA) is 75.2 Å². The van der Waals surface area contributed by atoms with E-state index < -0.39 is 0 Å². The van der Waals surface area contributed by atoms with Crippen LogP contribution >= 0.6 is 23.4 Å². The van der Waals surface area contributed by atoms with Crippen LogP contribution in [0, 0.1) is 0 Å². The summed E-state index contributed by atoms with van der Waals surface area (Å²) in [5.41, 5.74) is 8.17. The van der Waals surface area contributed by atoms with E-state index in [9.17, 15) is 4.79 Å². The first kappa shape index (κ1) is 19.9. The van der Waals surface area contributed by atoms with Crippen molar-refractivity contribution in [2.24, 2.45) is 5.10 Å². The highest BCUT2D eigenvalue weighted by Gasteiger charge is 2.42. The number of fused-ring (bicyclic) bond motifs is 1. The van der Waals surface area contributed by atoms with Gasteiger partial charge in [0.15, 0.2) is 16.7 Å². The molecule has 2 aromatic carbocycles. The Kier molecular flexibility index (Phi) is 5.84.